The highest BCUT2D eigenvalue weighted by Crippen LogP contribution is 2.27. The Hall–Kier alpha value is -2.08. The predicted molar refractivity (Wildman–Crippen MR) is 71.7 cm³/mol. The molecule has 0 amide bonds. The Kier molecular flexibility index (Phi) is 4.01. The number of carbonyl (C=O) groups is 1. The van der Waals surface area contributed by atoms with Crippen molar-refractivity contribution in [2.24, 2.45) is 0 Å². The zero-order valence-electron chi connectivity index (χ0n) is 10.5. The summed E-state index contributed by atoms with van der Waals surface area (Å²) in [5.41, 5.74) is 1.93. The number of rotatable bonds is 4. The van der Waals surface area contributed by atoms with Gasteiger partial charge in [0.15, 0.2) is 0 Å². The summed E-state index contributed by atoms with van der Waals surface area (Å²) in [6.45, 7) is 3.63. The predicted octanol–water partition coefficient (Wildman–Crippen LogP) is 2.90. The molecule has 0 fully saturated rings. The van der Waals surface area contributed by atoms with E-state index >= 15 is 0 Å². The molecule has 0 aliphatic rings. The van der Waals surface area contributed by atoms with E-state index in [1.165, 1.54) is 0 Å². The molecule has 0 aliphatic carbocycles. The van der Waals surface area contributed by atoms with Gasteiger partial charge in [0, 0.05) is 6.92 Å². The van der Waals surface area contributed by atoms with Crippen LogP contribution in [0.15, 0.2) is 38.8 Å². The van der Waals surface area contributed by atoms with Gasteiger partial charge < -0.3 is 9.52 Å². The van der Waals surface area contributed by atoms with Crippen LogP contribution in [-0.4, -0.2) is 21.3 Å². The number of aryl methyl sites for hydroxylation is 2. The van der Waals surface area contributed by atoms with Gasteiger partial charge >= 0.3 is 5.97 Å². The molecule has 1 heterocycles. The summed E-state index contributed by atoms with van der Waals surface area (Å²) in [7, 11) is 0. The van der Waals surface area contributed by atoms with E-state index in [9.17, 15) is 9.90 Å². The van der Waals surface area contributed by atoms with Crippen molar-refractivity contribution in [2.45, 2.75) is 19.1 Å². The summed E-state index contributed by atoms with van der Waals surface area (Å²) >= 11 is 0.938. The second-order valence-corrected chi connectivity index (χ2v) is 4.91. The average Bonchev–Trinajstić information content (AvgIpc) is 2.76. The highest BCUT2D eigenvalue weighted by atomic mass is 32.2. The van der Waals surface area contributed by atoms with E-state index < -0.39 is 5.97 Å². The quantitative estimate of drug-likeness (QED) is 0.683. The van der Waals surface area contributed by atoms with Gasteiger partial charge in [-0.15, -0.1) is 10.2 Å². The van der Waals surface area contributed by atoms with Crippen molar-refractivity contribution in [1.29, 1.82) is 0 Å². The van der Waals surface area contributed by atoms with E-state index in [1.54, 1.807) is 13.0 Å². The number of thioether (sulfide) groups is 1. The third kappa shape index (κ3) is 3.69. The zero-order valence-corrected chi connectivity index (χ0v) is 11.3. The Labute approximate surface area is 114 Å². The molecule has 1 aromatic carbocycles. The van der Waals surface area contributed by atoms with Crippen LogP contribution in [-0.2, 0) is 4.79 Å². The molecule has 0 saturated heterocycles. The minimum absolute atomic E-state index is 0.132. The highest BCUT2D eigenvalue weighted by Gasteiger charge is 2.14. The second kappa shape index (κ2) is 5.71. The maximum absolute atomic E-state index is 11.2. The molecule has 0 bridgehead atoms. The van der Waals surface area contributed by atoms with Gasteiger partial charge in [0.1, 0.15) is 4.91 Å². The fraction of sp³-hybridized carbons (Fsp3) is 0.154. The maximum atomic E-state index is 11.2. The number of aliphatic carboxylic acids is 1. The minimum Gasteiger partial charge on any atom is -0.477 e. The van der Waals surface area contributed by atoms with Crippen molar-refractivity contribution in [3.63, 3.8) is 0 Å². The number of hydrogen-bond acceptors (Lipinski definition) is 5. The first-order chi connectivity index (χ1) is 9.04. The van der Waals surface area contributed by atoms with Crippen LogP contribution in [0.25, 0.3) is 6.08 Å². The first-order valence-electron chi connectivity index (χ1n) is 5.54. The van der Waals surface area contributed by atoms with E-state index in [4.69, 9.17) is 4.42 Å². The second-order valence-electron chi connectivity index (χ2n) is 3.91. The number of carboxylic acids is 1. The van der Waals surface area contributed by atoms with Gasteiger partial charge in [-0.05, 0) is 30.3 Å². The molecule has 6 heteroatoms. The smallest absolute Gasteiger partial charge is 0.342 e. The largest absolute Gasteiger partial charge is 0.477 e. The van der Waals surface area contributed by atoms with Gasteiger partial charge in [0.05, 0.1) is 0 Å². The van der Waals surface area contributed by atoms with Crippen molar-refractivity contribution in [1.82, 2.24) is 10.2 Å². The van der Waals surface area contributed by atoms with Crippen LogP contribution >= 0.6 is 11.8 Å². The van der Waals surface area contributed by atoms with Gasteiger partial charge in [-0.2, -0.15) is 0 Å². The summed E-state index contributed by atoms with van der Waals surface area (Å²) in [6.07, 6.45) is 1.58. The van der Waals surface area contributed by atoms with E-state index in [2.05, 4.69) is 10.2 Å². The first kappa shape index (κ1) is 13.4. The van der Waals surface area contributed by atoms with Crippen LogP contribution in [0.3, 0.4) is 0 Å². The number of carboxylic acid groups (broad SMARTS) is 1. The molecule has 98 valence electrons. The summed E-state index contributed by atoms with van der Waals surface area (Å²) in [6, 6.07) is 7.56. The monoisotopic (exact) mass is 276 g/mol. The topological polar surface area (TPSA) is 76.2 Å². The Morgan fingerprint density at radius 2 is 1.95 bits per heavy atom. The molecule has 2 rings (SSSR count). The number of hydrogen-bond donors (Lipinski definition) is 1. The van der Waals surface area contributed by atoms with E-state index in [0.717, 1.165) is 22.9 Å². The summed E-state index contributed by atoms with van der Waals surface area (Å²) in [5.74, 6) is -0.621. The lowest BCUT2D eigenvalue weighted by Crippen LogP contribution is -1.96. The molecule has 0 saturated carbocycles. The van der Waals surface area contributed by atoms with Crippen molar-refractivity contribution < 1.29 is 14.3 Å². The van der Waals surface area contributed by atoms with Crippen LogP contribution in [0.1, 0.15) is 17.0 Å². The molecule has 0 aliphatic heterocycles. The molecule has 1 aromatic heterocycles. The van der Waals surface area contributed by atoms with Crippen molar-refractivity contribution in [2.75, 3.05) is 0 Å². The zero-order chi connectivity index (χ0) is 13.8. The molecule has 5 nitrogen and oxygen atoms in total. The van der Waals surface area contributed by atoms with Crippen LogP contribution in [0.4, 0.5) is 0 Å². The fourth-order valence-corrected chi connectivity index (χ4v) is 2.08. The molecule has 19 heavy (non-hydrogen) atoms. The SMILES string of the molecule is Cc1ccc(/C=C(\Sc2nnc(C)o2)C(=O)O)cc1. The van der Waals surface area contributed by atoms with Gasteiger partial charge in [0.25, 0.3) is 5.22 Å². The maximum Gasteiger partial charge on any atom is 0.342 e. The van der Waals surface area contributed by atoms with Crippen LogP contribution < -0.4 is 0 Å². The summed E-state index contributed by atoms with van der Waals surface area (Å²) < 4.78 is 5.16. The average molecular weight is 276 g/mol. The normalized spacial score (nSPS) is 11.6. The minimum atomic E-state index is -1.03. The first-order valence-corrected chi connectivity index (χ1v) is 6.36. The molecule has 2 aromatic rings. The summed E-state index contributed by atoms with van der Waals surface area (Å²) in [5, 5.41) is 16.8. The van der Waals surface area contributed by atoms with E-state index in [0.29, 0.717) is 5.89 Å². The van der Waals surface area contributed by atoms with E-state index in [-0.39, 0.29) is 10.1 Å². The molecular formula is C13H12N2O3S. The number of aromatic nitrogens is 2. The van der Waals surface area contributed by atoms with Crippen LogP contribution in [0, 0.1) is 13.8 Å². The van der Waals surface area contributed by atoms with Crippen LogP contribution in [0.5, 0.6) is 0 Å². The highest BCUT2D eigenvalue weighted by molar-refractivity contribution is 8.03. The van der Waals surface area contributed by atoms with Crippen LogP contribution in [0.2, 0.25) is 0 Å². The lowest BCUT2D eigenvalue weighted by molar-refractivity contribution is -0.131. The fourth-order valence-electron chi connectivity index (χ4n) is 1.36. The number of benzene rings is 1. The molecule has 0 unspecified atom stereocenters. The lowest BCUT2D eigenvalue weighted by atomic mass is 10.1. The van der Waals surface area contributed by atoms with E-state index in [1.807, 2.05) is 31.2 Å². The Bertz CT molecular complexity index is 617. The lowest BCUT2D eigenvalue weighted by Gasteiger charge is -1.99. The third-order valence-corrected chi connectivity index (χ3v) is 3.14. The molecule has 0 spiro atoms. The molecular weight excluding hydrogens is 264 g/mol. The Morgan fingerprint density at radius 3 is 2.47 bits per heavy atom. The standard InChI is InChI=1S/C13H12N2O3S/c1-8-3-5-10(6-4-8)7-11(12(16)17)19-13-15-14-9(2)18-13/h3-7H,1-2H3,(H,16,17)/b11-7-. The Balaban J connectivity index is 2.24. The van der Waals surface area contributed by atoms with Gasteiger partial charge in [0.2, 0.25) is 5.89 Å². The van der Waals surface area contributed by atoms with Crippen molar-refractivity contribution in [3.05, 3.63) is 46.2 Å². The van der Waals surface area contributed by atoms with Crippen molar-refractivity contribution in [3.8, 4) is 0 Å². The third-order valence-electron chi connectivity index (χ3n) is 2.29. The van der Waals surface area contributed by atoms with Gasteiger partial charge in [-0.25, -0.2) is 4.79 Å². The molecule has 0 atom stereocenters. The van der Waals surface area contributed by atoms with Gasteiger partial charge in [-0.1, -0.05) is 29.8 Å². The number of nitrogens with zero attached hydrogens (tertiary/aromatic N) is 2. The van der Waals surface area contributed by atoms with Gasteiger partial charge in [-0.3, -0.25) is 0 Å². The summed E-state index contributed by atoms with van der Waals surface area (Å²) in [4.78, 5) is 11.3. The molecule has 1 N–H and O–H groups in total. The Morgan fingerprint density at radius 1 is 1.26 bits per heavy atom. The van der Waals surface area contributed by atoms with Crippen molar-refractivity contribution >= 4 is 23.8 Å². The molecule has 0 radical (unpaired) electrons.